The SMILES string of the molecule is CC(=O)CC(N)C(=O)O.CCC(=O)O. The lowest BCUT2D eigenvalue weighted by Crippen LogP contribution is -2.31. The molecule has 0 heterocycles. The summed E-state index contributed by atoms with van der Waals surface area (Å²) in [5, 5.41) is 15.9. The Bertz CT molecular complexity index is 214. The summed E-state index contributed by atoms with van der Waals surface area (Å²) in [4.78, 5) is 29.5. The van der Waals surface area contributed by atoms with E-state index in [1.807, 2.05) is 0 Å². The van der Waals surface area contributed by atoms with Crippen LogP contribution in [0.2, 0.25) is 0 Å². The fourth-order valence-electron chi connectivity index (χ4n) is 0.397. The predicted octanol–water partition coefficient (Wildman–Crippen LogP) is -0.142. The molecule has 1 unspecified atom stereocenters. The Balaban J connectivity index is 0. The molecule has 0 rings (SSSR count). The van der Waals surface area contributed by atoms with Crippen molar-refractivity contribution in [1.82, 2.24) is 0 Å². The quantitative estimate of drug-likeness (QED) is 0.587. The van der Waals surface area contributed by atoms with Crippen molar-refractivity contribution in [2.75, 3.05) is 0 Å². The van der Waals surface area contributed by atoms with Gasteiger partial charge in [0.15, 0.2) is 0 Å². The lowest BCUT2D eigenvalue weighted by Gasteiger charge is -2.00. The van der Waals surface area contributed by atoms with Gasteiger partial charge in [0.2, 0.25) is 0 Å². The van der Waals surface area contributed by atoms with E-state index in [1.165, 1.54) is 6.92 Å². The molecule has 0 aromatic rings. The van der Waals surface area contributed by atoms with Gasteiger partial charge in [-0.15, -0.1) is 0 Å². The first kappa shape index (κ1) is 15.1. The van der Waals surface area contributed by atoms with Crippen LogP contribution in [-0.2, 0) is 14.4 Å². The van der Waals surface area contributed by atoms with Crippen LogP contribution in [0.4, 0.5) is 0 Å². The number of carboxylic acids is 2. The molecule has 6 heteroatoms. The molecule has 0 radical (unpaired) electrons. The van der Waals surface area contributed by atoms with Crippen LogP contribution in [0.15, 0.2) is 0 Å². The van der Waals surface area contributed by atoms with Crippen LogP contribution in [0.1, 0.15) is 26.7 Å². The van der Waals surface area contributed by atoms with Gasteiger partial charge in [0.05, 0.1) is 0 Å². The summed E-state index contributed by atoms with van der Waals surface area (Å²) in [7, 11) is 0. The molecular formula is C8H15NO5. The van der Waals surface area contributed by atoms with Crippen LogP contribution in [0, 0.1) is 0 Å². The largest absolute Gasteiger partial charge is 0.481 e. The number of carboxylic acid groups (broad SMARTS) is 2. The van der Waals surface area contributed by atoms with E-state index in [0.29, 0.717) is 0 Å². The summed E-state index contributed by atoms with van der Waals surface area (Å²) in [6, 6.07) is -1.04. The van der Waals surface area contributed by atoms with E-state index in [0.717, 1.165) is 0 Å². The molecule has 0 aromatic carbocycles. The monoisotopic (exact) mass is 205 g/mol. The fraction of sp³-hybridized carbons (Fsp3) is 0.625. The molecule has 6 nitrogen and oxygen atoms in total. The summed E-state index contributed by atoms with van der Waals surface area (Å²) in [6.07, 6.45) is 0.134. The summed E-state index contributed by atoms with van der Waals surface area (Å²) in [6.45, 7) is 2.91. The molecule has 0 saturated carbocycles. The number of Topliss-reactive ketones (excluding diaryl/α,β-unsaturated/α-hetero) is 1. The van der Waals surface area contributed by atoms with E-state index in [1.54, 1.807) is 6.92 Å². The van der Waals surface area contributed by atoms with Crippen LogP contribution in [-0.4, -0.2) is 34.0 Å². The van der Waals surface area contributed by atoms with Crippen molar-refractivity contribution in [3.63, 3.8) is 0 Å². The number of aliphatic carboxylic acids is 2. The van der Waals surface area contributed by atoms with Crippen molar-refractivity contribution in [1.29, 1.82) is 0 Å². The Morgan fingerprint density at radius 1 is 1.29 bits per heavy atom. The number of hydrogen-bond acceptors (Lipinski definition) is 4. The van der Waals surface area contributed by atoms with Gasteiger partial charge in [0.25, 0.3) is 0 Å². The zero-order valence-corrected chi connectivity index (χ0v) is 8.19. The Labute approximate surface area is 81.7 Å². The zero-order chi connectivity index (χ0) is 11.7. The van der Waals surface area contributed by atoms with Gasteiger partial charge in [0.1, 0.15) is 11.8 Å². The summed E-state index contributed by atoms with van der Waals surface area (Å²) in [5.41, 5.74) is 5.00. The maximum absolute atomic E-state index is 10.2. The molecule has 0 saturated heterocycles. The first-order valence-corrected chi connectivity index (χ1v) is 4.00. The summed E-state index contributed by atoms with van der Waals surface area (Å²) < 4.78 is 0. The molecule has 0 aliphatic carbocycles. The molecule has 0 fully saturated rings. The smallest absolute Gasteiger partial charge is 0.320 e. The van der Waals surface area contributed by atoms with Crippen molar-refractivity contribution < 1.29 is 24.6 Å². The van der Waals surface area contributed by atoms with Crippen molar-refractivity contribution in [2.24, 2.45) is 5.73 Å². The second kappa shape index (κ2) is 8.18. The molecule has 82 valence electrons. The summed E-state index contributed by atoms with van der Waals surface area (Å²) >= 11 is 0. The average molecular weight is 205 g/mol. The third-order valence-corrected chi connectivity index (χ3v) is 1.13. The third-order valence-electron chi connectivity index (χ3n) is 1.13. The number of carbonyl (C=O) groups is 3. The van der Waals surface area contributed by atoms with Gasteiger partial charge in [-0.2, -0.15) is 0 Å². The van der Waals surface area contributed by atoms with Crippen LogP contribution in [0.5, 0.6) is 0 Å². The topological polar surface area (TPSA) is 118 Å². The van der Waals surface area contributed by atoms with E-state index in [-0.39, 0.29) is 18.6 Å². The van der Waals surface area contributed by atoms with Crippen LogP contribution in [0.25, 0.3) is 0 Å². The molecular weight excluding hydrogens is 190 g/mol. The number of nitrogens with two attached hydrogens (primary N) is 1. The number of hydrogen-bond donors (Lipinski definition) is 3. The Kier molecular flexibility index (Phi) is 8.80. The van der Waals surface area contributed by atoms with Crippen LogP contribution < -0.4 is 5.73 Å². The Morgan fingerprint density at radius 2 is 1.64 bits per heavy atom. The minimum Gasteiger partial charge on any atom is -0.481 e. The van der Waals surface area contributed by atoms with Crippen molar-refractivity contribution in [3.05, 3.63) is 0 Å². The highest BCUT2D eigenvalue weighted by Gasteiger charge is 2.12. The maximum Gasteiger partial charge on any atom is 0.320 e. The first-order valence-electron chi connectivity index (χ1n) is 4.00. The number of ketones is 1. The molecule has 4 N–H and O–H groups in total. The minimum atomic E-state index is -1.13. The van der Waals surface area contributed by atoms with Crippen molar-refractivity contribution >= 4 is 17.7 Å². The normalized spacial score (nSPS) is 10.8. The van der Waals surface area contributed by atoms with Crippen molar-refractivity contribution in [3.8, 4) is 0 Å². The Morgan fingerprint density at radius 3 is 1.71 bits per heavy atom. The van der Waals surface area contributed by atoms with E-state index in [9.17, 15) is 14.4 Å². The molecule has 0 aliphatic heterocycles. The lowest BCUT2D eigenvalue weighted by atomic mass is 10.2. The van der Waals surface area contributed by atoms with E-state index >= 15 is 0 Å². The van der Waals surface area contributed by atoms with Gasteiger partial charge in [0, 0.05) is 12.8 Å². The number of carbonyl (C=O) groups excluding carboxylic acids is 1. The van der Waals surface area contributed by atoms with Gasteiger partial charge in [-0.3, -0.25) is 14.4 Å². The van der Waals surface area contributed by atoms with Crippen LogP contribution >= 0.6 is 0 Å². The molecule has 14 heavy (non-hydrogen) atoms. The molecule has 0 amide bonds. The van der Waals surface area contributed by atoms with Gasteiger partial charge < -0.3 is 15.9 Å². The van der Waals surface area contributed by atoms with Crippen LogP contribution in [0.3, 0.4) is 0 Å². The molecule has 0 aromatic heterocycles. The van der Waals surface area contributed by atoms with Gasteiger partial charge >= 0.3 is 11.9 Å². The first-order chi connectivity index (χ1) is 6.31. The second-order valence-electron chi connectivity index (χ2n) is 2.60. The lowest BCUT2D eigenvalue weighted by molar-refractivity contribution is -0.140. The molecule has 0 bridgehead atoms. The molecule has 0 aliphatic rings. The van der Waals surface area contributed by atoms with E-state index in [4.69, 9.17) is 15.9 Å². The number of rotatable bonds is 4. The zero-order valence-electron chi connectivity index (χ0n) is 8.19. The van der Waals surface area contributed by atoms with E-state index in [2.05, 4.69) is 0 Å². The highest BCUT2D eigenvalue weighted by atomic mass is 16.4. The highest BCUT2D eigenvalue weighted by molar-refractivity contribution is 5.83. The summed E-state index contributed by atoms with van der Waals surface area (Å²) in [5.74, 6) is -2.08. The highest BCUT2D eigenvalue weighted by Crippen LogP contribution is 1.87. The maximum atomic E-state index is 10.2. The third kappa shape index (κ3) is 13.2. The minimum absolute atomic E-state index is 0.0880. The standard InChI is InChI=1S/C5H9NO3.C3H6O2/c1-3(7)2-4(6)5(8)9;1-2-3(4)5/h4H,2,6H2,1H3,(H,8,9);2H2,1H3,(H,4,5). The van der Waals surface area contributed by atoms with Gasteiger partial charge in [-0.05, 0) is 6.92 Å². The predicted molar refractivity (Wildman–Crippen MR) is 48.8 cm³/mol. The average Bonchev–Trinajstić information content (AvgIpc) is 2.04. The van der Waals surface area contributed by atoms with Gasteiger partial charge in [-0.1, -0.05) is 6.92 Å². The van der Waals surface area contributed by atoms with Crippen molar-refractivity contribution in [2.45, 2.75) is 32.7 Å². The molecule has 1 atom stereocenters. The Hall–Kier alpha value is -1.43. The van der Waals surface area contributed by atoms with E-state index < -0.39 is 18.0 Å². The molecule has 0 spiro atoms. The fourth-order valence-corrected chi connectivity index (χ4v) is 0.397. The second-order valence-corrected chi connectivity index (χ2v) is 2.60. The van der Waals surface area contributed by atoms with Gasteiger partial charge in [-0.25, -0.2) is 0 Å².